The largest absolute Gasteiger partial charge is 0.484 e. The standard InChI is InChI=1S/C19H23N3O3/c1-3-14(2)22(12-15-7-9-21-10-8-15)19(24)16-5-4-6-17(11-16)25-13-18(20)23/h4-11,14H,3,12-13H2,1-2H3,(H2,20,23). The summed E-state index contributed by atoms with van der Waals surface area (Å²) in [4.78, 5) is 29.7. The van der Waals surface area contributed by atoms with Crippen LogP contribution in [0.15, 0.2) is 48.8 Å². The van der Waals surface area contributed by atoms with Crippen molar-refractivity contribution in [2.75, 3.05) is 6.61 Å². The van der Waals surface area contributed by atoms with E-state index in [-0.39, 0.29) is 18.6 Å². The van der Waals surface area contributed by atoms with Crippen LogP contribution in [0.1, 0.15) is 36.2 Å². The minimum Gasteiger partial charge on any atom is -0.484 e. The van der Waals surface area contributed by atoms with Crippen molar-refractivity contribution in [2.24, 2.45) is 5.73 Å². The molecule has 2 amide bonds. The van der Waals surface area contributed by atoms with Gasteiger partial charge in [0, 0.05) is 30.5 Å². The molecule has 6 heteroatoms. The average Bonchev–Trinajstić information content (AvgIpc) is 2.64. The van der Waals surface area contributed by atoms with E-state index in [0.29, 0.717) is 17.9 Å². The fraction of sp³-hybridized carbons (Fsp3) is 0.316. The van der Waals surface area contributed by atoms with Gasteiger partial charge in [0.15, 0.2) is 6.61 Å². The number of amides is 2. The number of rotatable bonds is 8. The van der Waals surface area contributed by atoms with Gasteiger partial charge >= 0.3 is 0 Å². The van der Waals surface area contributed by atoms with Gasteiger partial charge < -0.3 is 15.4 Å². The summed E-state index contributed by atoms with van der Waals surface area (Å²) in [5.41, 5.74) is 6.61. The Balaban J connectivity index is 2.21. The van der Waals surface area contributed by atoms with Crippen LogP contribution in [-0.4, -0.2) is 34.3 Å². The summed E-state index contributed by atoms with van der Waals surface area (Å²) in [6.45, 7) is 4.35. The van der Waals surface area contributed by atoms with E-state index >= 15 is 0 Å². The molecule has 0 fully saturated rings. The number of benzene rings is 1. The molecule has 0 aliphatic heterocycles. The Morgan fingerprint density at radius 1 is 1.24 bits per heavy atom. The Labute approximate surface area is 147 Å². The lowest BCUT2D eigenvalue weighted by Gasteiger charge is -2.29. The maximum Gasteiger partial charge on any atom is 0.255 e. The molecule has 1 heterocycles. The Morgan fingerprint density at radius 3 is 2.60 bits per heavy atom. The zero-order valence-electron chi connectivity index (χ0n) is 14.5. The quantitative estimate of drug-likeness (QED) is 0.799. The number of nitrogens with zero attached hydrogens (tertiary/aromatic N) is 2. The van der Waals surface area contributed by atoms with Gasteiger partial charge in [0.25, 0.3) is 11.8 Å². The van der Waals surface area contributed by atoms with E-state index in [1.54, 1.807) is 36.7 Å². The number of hydrogen-bond acceptors (Lipinski definition) is 4. The SMILES string of the molecule is CCC(C)N(Cc1ccncc1)C(=O)c1cccc(OCC(N)=O)c1. The van der Waals surface area contributed by atoms with Crippen molar-refractivity contribution >= 4 is 11.8 Å². The van der Waals surface area contributed by atoms with E-state index < -0.39 is 5.91 Å². The minimum absolute atomic E-state index is 0.0795. The average molecular weight is 341 g/mol. The van der Waals surface area contributed by atoms with Crippen molar-refractivity contribution in [3.8, 4) is 5.75 Å². The molecule has 0 radical (unpaired) electrons. The summed E-state index contributed by atoms with van der Waals surface area (Å²) in [6, 6.07) is 10.7. The molecule has 0 aliphatic rings. The van der Waals surface area contributed by atoms with Crippen LogP contribution in [0.25, 0.3) is 0 Å². The van der Waals surface area contributed by atoms with E-state index in [1.807, 2.05) is 30.9 Å². The van der Waals surface area contributed by atoms with E-state index in [2.05, 4.69) is 4.98 Å². The molecule has 2 aromatic rings. The Bertz CT molecular complexity index is 719. The van der Waals surface area contributed by atoms with E-state index in [0.717, 1.165) is 12.0 Å². The Morgan fingerprint density at radius 2 is 1.96 bits per heavy atom. The highest BCUT2D eigenvalue weighted by molar-refractivity contribution is 5.94. The number of aromatic nitrogens is 1. The smallest absolute Gasteiger partial charge is 0.255 e. The van der Waals surface area contributed by atoms with Gasteiger partial charge in [-0.25, -0.2) is 0 Å². The van der Waals surface area contributed by atoms with Gasteiger partial charge in [-0.2, -0.15) is 0 Å². The summed E-state index contributed by atoms with van der Waals surface area (Å²) >= 11 is 0. The molecule has 25 heavy (non-hydrogen) atoms. The normalized spacial score (nSPS) is 11.6. The van der Waals surface area contributed by atoms with Gasteiger partial charge in [0.05, 0.1) is 0 Å². The lowest BCUT2D eigenvalue weighted by atomic mass is 10.1. The lowest BCUT2D eigenvalue weighted by molar-refractivity contribution is -0.119. The maximum absolute atomic E-state index is 13.0. The first-order valence-corrected chi connectivity index (χ1v) is 8.22. The van der Waals surface area contributed by atoms with Gasteiger partial charge in [-0.1, -0.05) is 13.0 Å². The predicted molar refractivity (Wildman–Crippen MR) is 95.0 cm³/mol. The molecule has 1 unspecified atom stereocenters. The van der Waals surface area contributed by atoms with Crippen molar-refractivity contribution in [3.63, 3.8) is 0 Å². The van der Waals surface area contributed by atoms with Crippen LogP contribution in [0.3, 0.4) is 0 Å². The summed E-state index contributed by atoms with van der Waals surface area (Å²) < 4.78 is 5.29. The molecule has 0 saturated carbocycles. The number of carbonyl (C=O) groups is 2. The summed E-state index contributed by atoms with van der Waals surface area (Å²) in [7, 11) is 0. The zero-order chi connectivity index (χ0) is 18.2. The summed E-state index contributed by atoms with van der Waals surface area (Å²) in [5, 5.41) is 0. The van der Waals surface area contributed by atoms with Crippen molar-refractivity contribution in [2.45, 2.75) is 32.9 Å². The fourth-order valence-electron chi connectivity index (χ4n) is 2.37. The highest BCUT2D eigenvalue weighted by atomic mass is 16.5. The number of primary amides is 1. The van der Waals surface area contributed by atoms with Crippen molar-refractivity contribution in [1.82, 2.24) is 9.88 Å². The van der Waals surface area contributed by atoms with Gasteiger partial charge in [-0.15, -0.1) is 0 Å². The molecule has 2 N–H and O–H groups in total. The molecule has 1 aromatic heterocycles. The van der Waals surface area contributed by atoms with Gasteiger partial charge in [0.1, 0.15) is 5.75 Å². The number of hydrogen-bond donors (Lipinski definition) is 1. The van der Waals surface area contributed by atoms with Crippen LogP contribution in [-0.2, 0) is 11.3 Å². The van der Waals surface area contributed by atoms with E-state index in [4.69, 9.17) is 10.5 Å². The molecule has 0 bridgehead atoms. The van der Waals surface area contributed by atoms with Crippen molar-refractivity contribution < 1.29 is 14.3 Å². The first kappa shape index (κ1) is 18.4. The molecule has 0 aliphatic carbocycles. The fourth-order valence-corrected chi connectivity index (χ4v) is 2.37. The van der Waals surface area contributed by atoms with E-state index in [9.17, 15) is 9.59 Å². The zero-order valence-corrected chi connectivity index (χ0v) is 14.5. The topological polar surface area (TPSA) is 85.5 Å². The van der Waals surface area contributed by atoms with Crippen LogP contribution in [0.2, 0.25) is 0 Å². The molecule has 0 spiro atoms. The first-order valence-electron chi connectivity index (χ1n) is 8.22. The molecule has 1 aromatic carbocycles. The van der Waals surface area contributed by atoms with E-state index in [1.165, 1.54) is 0 Å². The molecule has 0 saturated heterocycles. The molecule has 132 valence electrons. The molecule has 2 rings (SSSR count). The third-order valence-corrected chi connectivity index (χ3v) is 3.95. The Hall–Kier alpha value is -2.89. The monoisotopic (exact) mass is 341 g/mol. The lowest BCUT2D eigenvalue weighted by Crippen LogP contribution is -2.37. The molecule has 1 atom stereocenters. The van der Waals surface area contributed by atoms with Gasteiger partial charge in [0.2, 0.25) is 0 Å². The first-order chi connectivity index (χ1) is 12.0. The third-order valence-electron chi connectivity index (χ3n) is 3.95. The molecular formula is C19H23N3O3. The second kappa shape index (κ2) is 8.82. The van der Waals surface area contributed by atoms with Crippen molar-refractivity contribution in [3.05, 3.63) is 59.9 Å². The third kappa shape index (κ3) is 5.31. The predicted octanol–water partition coefficient (Wildman–Crippen LogP) is 2.39. The Kier molecular flexibility index (Phi) is 6.51. The van der Waals surface area contributed by atoms with Crippen LogP contribution >= 0.6 is 0 Å². The van der Waals surface area contributed by atoms with Crippen LogP contribution in [0.5, 0.6) is 5.75 Å². The molecule has 6 nitrogen and oxygen atoms in total. The second-order valence-corrected chi connectivity index (χ2v) is 5.83. The minimum atomic E-state index is -0.560. The number of carbonyl (C=O) groups excluding carboxylic acids is 2. The maximum atomic E-state index is 13.0. The summed E-state index contributed by atoms with van der Waals surface area (Å²) in [5.74, 6) is -0.205. The van der Waals surface area contributed by atoms with Crippen LogP contribution in [0, 0.1) is 0 Å². The highest BCUT2D eigenvalue weighted by Gasteiger charge is 2.21. The van der Waals surface area contributed by atoms with Gasteiger partial charge in [-0.3, -0.25) is 14.6 Å². The van der Waals surface area contributed by atoms with Gasteiger partial charge in [-0.05, 0) is 49.2 Å². The number of nitrogens with two attached hydrogens (primary N) is 1. The summed E-state index contributed by atoms with van der Waals surface area (Å²) in [6.07, 6.45) is 4.27. The van der Waals surface area contributed by atoms with Crippen molar-refractivity contribution in [1.29, 1.82) is 0 Å². The number of ether oxygens (including phenoxy) is 1. The van der Waals surface area contributed by atoms with Crippen LogP contribution < -0.4 is 10.5 Å². The highest BCUT2D eigenvalue weighted by Crippen LogP contribution is 2.19. The number of pyridine rings is 1. The molecular weight excluding hydrogens is 318 g/mol. The second-order valence-electron chi connectivity index (χ2n) is 5.83. The van der Waals surface area contributed by atoms with Crippen LogP contribution in [0.4, 0.5) is 0 Å².